The lowest BCUT2D eigenvalue weighted by Crippen LogP contribution is -2.61. The fourth-order valence-corrected chi connectivity index (χ4v) is 3.02. The molecule has 11 nitrogen and oxygen atoms in total. The van der Waals surface area contributed by atoms with Gasteiger partial charge in [-0.25, -0.2) is 0 Å². The molecule has 170 valence electrons. The van der Waals surface area contributed by atoms with E-state index in [1.807, 2.05) is 30.3 Å². The summed E-state index contributed by atoms with van der Waals surface area (Å²) >= 11 is 0. The van der Waals surface area contributed by atoms with Gasteiger partial charge in [0.25, 0.3) is 0 Å². The highest BCUT2D eigenvalue weighted by atomic mass is 16.7. The summed E-state index contributed by atoms with van der Waals surface area (Å²) in [6, 6.07) is 9.20. The molecule has 1 saturated heterocycles. The molecule has 1 aromatic rings. The van der Waals surface area contributed by atoms with Crippen molar-refractivity contribution in [3.63, 3.8) is 0 Å². The van der Waals surface area contributed by atoms with Crippen molar-refractivity contribution in [2.75, 3.05) is 19.8 Å². The molecule has 2 rings (SSSR count). The van der Waals surface area contributed by atoms with Gasteiger partial charge in [-0.05, 0) is 18.0 Å². The molecule has 1 aromatic carbocycles. The third kappa shape index (κ3) is 7.91. The number of Topliss-reactive ketones (excluding diaryl/α,β-unsaturated/α-hetero) is 1. The van der Waals surface area contributed by atoms with Gasteiger partial charge in [0.15, 0.2) is 12.4 Å². The van der Waals surface area contributed by atoms with E-state index in [1.165, 1.54) is 6.92 Å². The van der Waals surface area contributed by atoms with Gasteiger partial charge in [0.05, 0.1) is 26.2 Å². The summed E-state index contributed by atoms with van der Waals surface area (Å²) in [6.45, 7) is 0.951. The fraction of sp³-hybridized carbons (Fsp3) is 0.600. The highest BCUT2D eigenvalue weighted by Gasteiger charge is 2.48. The Labute approximate surface area is 179 Å². The number of hydrogen-bond donors (Lipinski definition) is 2. The summed E-state index contributed by atoms with van der Waals surface area (Å²) in [7, 11) is 0. The predicted octanol–water partition coefficient (Wildman–Crippen LogP) is 1.26. The Kier molecular flexibility index (Phi) is 10.4. The van der Waals surface area contributed by atoms with Crippen LogP contribution in [0.5, 0.6) is 0 Å². The van der Waals surface area contributed by atoms with E-state index in [0.717, 1.165) is 5.56 Å². The number of benzene rings is 1. The number of carbonyl (C=O) groups excluding carboxylic acids is 2. The van der Waals surface area contributed by atoms with Crippen LogP contribution >= 0.6 is 0 Å². The molecule has 5 atom stereocenters. The van der Waals surface area contributed by atoms with E-state index >= 15 is 0 Å². The van der Waals surface area contributed by atoms with E-state index in [4.69, 9.17) is 24.5 Å². The molecule has 1 aliphatic rings. The van der Waals surface area contributed by atoms with Gasteiger partial charge in [0.1, 0.15) is 24.1 Å². The minimum Gasteiger partial charge on any atom is -0.454 e. The Morgan fingerprint density at radius 3 is 2.58 bits per heavy atom. The van der Waals surface area contributed by atoms with Crippen molar-refractivity contribution in [2.45, 2.75) is 57.1 Å². The summed E-state index contributed by atoms with van der Waals surface area (Å²) < 4.78 is 22.3. The fourth-order valence-electron chi connectivity index (χ4n) is 3.02. The Bertz CT molecular complexity index is 756. The standard InChI is InChI=1S/C20H27N3O8/c1-13(25)7-8-16(26)31-19-17(27)18(29-12-14-5-3-2-4-6-14)15(11-24)30-20(19)28-10-9-22-23-21/h2-6,15,17-20,24,27H,7-12H2,1H3/t15-,17+,18-,19+,20+/m1/s1. The molecule has 2 N–H and O–H groups in total. The SMILES string of the molecule is CC(=O)CCC(=O)O[C@@H]1[C@@H](OCCN=[N+]=[N-])O[C@H](CO)[C@@H](OCc2ccccc2)[C@@H]1O. The molecule has 0 spiro atoms. The van der Waals surface area contributed by atoms with Gasteiger partial charge < -0.3 is 34.0 Å². The normalized spacial score (nSPS) is 25.5. The second-order valence-corrected chi connectivity index (χ2v) is 6.96. The maximum Gasteiger partial charge on any atom is 0.306 e. The van der Waals surface area contributed by atoms with E-state index < -0.39 is 43.3 Å². The molecule has 1 fully saturated rings. The lowest BCUT2D eigenvalue weighted by molar-refractivity contribution is -0.311. The van der Waals surface area contributed by atoms with Crippen LogP contribution in [0.2, 0.25) is 0 Å². The molecule has 0 radical (unpaired) electrons. The molecule has 11 heteroatoms. The molecular weight excluding hydrogens is 410 g/mol. The van der Waals surface area contributed by atoms with E-state index in [-0.39, 0.29) is 38.4 Å². The second kappa shape index (κ2) is 13.0. The van der Waals surface area contributed by atoms with Gasteiger partial charge in [0.2, 0.25) is 0 Å². The average Bonchev–Trinajstić information content (AvgIpc) is 2.77. The summed E-state index contributed by atoms with van der Waals surface area (Å²) in [4.78, 5) is 25.9. The number of aliphatic hydroxyl groups is 2. The third-order valence-corrected chi connectivity index (χ3v) is 4.57. The zero-order valence-corrected chi connectivity index (χ0v) is 17.2. The first-order chi connectivity index (χ1) is 15.0. The van der Waals surface area contributed by atoms with Crippen LogP contribution in [0.15, 0.2) is 35.4 Å². The van der Waals surface area contributed by atoms with Crippen LogP contribution in [0.3, 0.4) is 0 Å². The molecule has 0 aliphatic carbocycles. The van der Waals surface area contributed by atoms with Crippen LogP contribution in [-0.2, 0) is 35.1 Å². The van der Waals surface area contributed by atoms with Crippen molar-refractivity contribution >= 4 is 11.8 Å². The van der Waals surface area contributed by atoms with Crippen LogP contribution in [0.25, 0.3) is 10.4 Å². The topological polar surface area (TPSA) is 160 Å². The van der Waals surface area contributed by atoms with Crippen molar-refractivity contribution in [1.82, 2.24) is 0 Å². The van der Waals surface area contributed by atoms with E-state index in [2.05, 4.69) is 10.0 Å². The molecule has 0 unspecified atom stereocenters. The highest BCUT2D eigenvalue weighted by molar-refractivity contribution is 5.81. The highest BCUT2D eigenvalue weighted by Crippen LogP contribution is 2.28. The van der Waals surface area contributed by atoms with E-state index in [0.29, 0.717) is 0 Å². The maximum atomic E-state index is 12.2. The maximum absolute atomic E-state index is 12.2. The number of rotatable bonds is 12. The van der Waals surface area contributed by atoms with Gasteiger partial charge in [0, 0.05) is 17.9 Å². The summed E-state index contributed by atoms with van der Waals surface area (Å²) in [5.74, 6) is -0.889. The average molecular weight is 437 g/mol. The van der Waals surface area contributed by atoms with E-state index in [1.54, 1.807) is 0 Å². The molecule has 0 saturated carbocycles. The second-order valence-electron chi connectivity index (χ2n) is 6.96. The van der Waals surface area contributed by atoms with Crippen molar-refractivity contribution in [1.29, 1.82) is 0 Å². The van der Waals surface area contributed by atoms with E-state index in [9.17, 15) is 19.8 Å². The summed E-state index contributed by atoms with van der Waals surface area (Å²) in [5, 5.41) is 24.0. The zero-order valence-electron chi connectivity index (χ0n) is 17.2. The Morgan fingerprint density at radius 2 is 1.94 bits per heavy atom. The number of hydrogen-bond acceptors (Lipinski definition) is 9. The Morgan fingerprint density at radius 1 is 1.19 bits per heavy atom. The monoisotopic (exact) mass is 437 g/mol. The first-order valence-electron chi connectivity index (χ1n) is 9.87. The Hall–Kier alpha value is -2.53. The van der Waals surface area contributed by atoms with Crippen LogP contribution in [0, 0.1) is 0 Å². The number of esters is 1. The largest absolute Gasteiger partial charge is 0.454 e. The van der Waals surface area contributed by atoms with Crippen LogP contribution in [-0.4, -0.2) is 72.4 Å². The number of aliphatic hydroxyl groups excluding tert-OH is 2. The number of azide groups is 1. The van der Waals surface area contributed by atoms with Crippen molar-refractivity contribution in [2.24, 2.45) is 5.11 Å². The van der Waals surface area contributed by atoms with Crippen LogP contribution in [0.4, 0.5) is 0 Å². The summed E-state index contributed by atoms with van der Waals surface area (Å²) in [6.07, 6.45) is -5.99. The number of carbonyl (C=O) groups is 2. The van der Waals surface area contributed by atoms with Crippen LogP contribution < -0.4 is 0 Å². The lowest BCUT2D eigenvalue weighted by Gasteiger charge is -2.43. The minimum absolute atomic E-state index is 0.00187. The lowest BCUT2D eigenvalue weighted by atomic mass is 9.98. The van der Waals surface area contributed by atoms with Crippen molar-refractivity contribution in [3.05, 3.63) is 46.3 Å². The number of ether oxygens (including phenoxy) is 4. The first kappa shape index (κ1) is 24.7. The van der Waals surface area contributed by atoms with Gasteiger partial charge in [-0.3, -0.25) is 4.79 Å². The molecular formula is C20H27N3O8. The molecule has 0 aromatic heterocycles. The van der Waals surface area contributed by atoms with Gasteiger partial charge in [-0.15, -0.1) is 0 Å². The summed E-state index contributed by atoms with van der Waals surface area (Å²) in [5.41, 5.74) is 9.21. The van der Waals surface area contributed by atoms with Gasteiger partial charge >= 0.3 is 5.97 Å². The van der Waals surface area contributed by atoms with Gasteiger partial charge in [-0.2, -0.15) is 0 Å². The number of nitrogens with zero attached hydrogens (tertiary/aromatic N) is 3. The number of ketones is 1. The quantitative estimate of drug-likeness (QED) is 0.162. The molecule has 1 aliphatic heterocycles. The third-order valence-electron chi connectivity index (χ3n) is 4.57. The smallest absolute Gasteiger partial charge is 0.306 e. The molecule has 1 heterocycles. The predicted molar refractivity (Wildman–Crippen MR) is 107 cm³/mol. The van der Waals surface area contributed by atoms with Gasteiger partial charge in [-0.1, -0.05) is 35.4 Å². The first-order valence-corrected chi connectivity index (χ1v) is 9.87. The van der Waals surface area contributed by atoms with Crippen LogP contribution in [0.1, 0.15) is 25.3 Å². The molecule has 0 bridgehead atoms. The minimum atomic E-state index is -1.37. The van der Waals surface area contributed by atoms with Crippen molar-refractivity contribution < 1.29 is 38.7 Å². The molecule has 31 heavy (non-hydrogen) atoms. The Balaban J connectivity index is 2.11. The zero-order chi connectivity index (χ0) is 22.6. The van der Waals surface area contributed by atoms with Crippen molar-refractivity contribution in [3.8, 4) is 0 Å². The molecule has 0 amide bonds.